The monoisotopic (exact) mass is 456 g/mol. The largest absolute Gasteiger partial charge is 0.481 e. The number of aromatic amines is 1. The van der Waals surface area contributed by atoms with Crippen LogP contribution in [0.15, 0.2) is 11.5 Å². The summed E-state index contributed by atoms with van der Waals surface area (Å²) in [6.07, 6.45) is 1.21. The third kappa shape index (κ3) is 3.37. The lowest BCUT2D eigenvalue weighted by Gasteiger charge is -2.55. The van der Waals surface area contributed by atoms with Gasteiger partial charge in [0.15, 0.2) is 6.04 Å². The number of β-lactam (4-membered cyclic amide) rings is 1. The lowest BCUT2D eigenvalue weighted by atomic mass is 9.84. The van der Waals surface area contributed by atoms with E-state index in [0.29, 0.717) is 10.2 Å². The number of amides is 2. The van der Waals surface area contributed by atoms with E-state index in [1.807, 2.05) is 0 Å². The zero-order valence-corrected chi connectivity index (χ0v) is 17.0. The molecule has 2 aromatic heterocycles. The number of nitrogens with zero attached hydrogens (tertiary/aromatic N) is 9. The first-order valence-electron chi connectivity index (χ1n) is 8.61. The number of carbonyl (C=O) groups is 3. The van der Waals surface area contributed by atoms with E-state index in [2.05, 4.69) is 36.1 Å². The molecule has 2 amide bonds. The van der Waals surface area contributed by atoms with E-state index in [1.165, 1.54) is 23.0 Å². The van der Waals surface area contributed by atoms with Crippen molar-refractivity contribution in [2.75, 3.05) is 12.3 Å². The summed E-state index contributed by atoms with van der Waals surface area (Å²) in [5, 5.41) is 43.6. The maximum atomic E-state index is 12.7. The number of rotatable bonds is 7. The summed E-state index contributed by atoms with van der Waals surface area (Å²) in [5.74, 6) is -2.16. The van der Waals surface area contributed by atoms with Gasteiger partial charge in [-0.25, -0.2) is 9.75 Å². The highest BCUT2D eigenvalue weighted by molar-refractivity contribution is 8.01. The first kappa shape index (κ1) is 20.5. The molecule has 2 aliphatic heterocycles. The fourth-order valence-corrected chi connectivity index (χ4v) is 6.10. The minimum absolute atomic E-state index is 0.0591. The van der Waals surface area contributed by atoms with Gasteiger partial charge in [0.25, 0.3) is 11.8 Å². The van der Waals surface area contributed by atoms with Crippen molar-refractivity contribution in [2.24, 2.45) is 5.41 Å². The van der Waals surface area contributed by atoms with Crippen LogP contribution in [0.3, 0.4) is 0 Å². The number of tetrazole rings is 2. The number of hydroxylamine groups is 2. The predicted molar refractivity (Wildman–Crippen MR) is 97.8 cm³/mol. The summed E-state index contributed by atoms with van der Waals surface area (Å²) < 4.78 is 1.12. The number of H-pyrrole nitrogens is 1. The lowest BCUT2D eigenvalue weighted by Crippen LogP contribution is -2.74. The molecule has 0 bridgehead atoms. The summed E-state index contributed by atoms with van der Waals surface area (Å²) in [6, 6.07) is -1.09. The van der Waals surface area contributed by atoms with Gasteiger partial charge in [0.2, 0.25) is 5.16 Å². The summed E-state index contributed by atoms with van der Waals surface area (Å²) in [6.45, 7) is 1.34. The number of hydrogen-bond donors (Lipinski definition) is 3. The number of nitrogens with one attached hydrogen (secondary N) is 1. The number of carbonyl (C=O) groups excluding carboxylic acids is 2. The number of aliphatic carboxylic acids is 1. The fraction of sp³-hybridized carbons (Fsp3) is 0.615. The van der Waals surface area contributed by atoms with Crippen molar-refractivity contribution < 1.29 is 24.7 Å². The third-order valence-corrected chi connectivity index (χ3v) is 7.82. The Bertz CT molecular complexity index is 942. The third-order valence-electron chi connectivity index (χ3n) is 5.10. The predicted octanol–water partition coefficient (Wildman–Crippen LogP) is -2.06. The first-order valence-corrected chi connectivity index (χ1v) is 10.5. The van der Waals surface area contributed by atoms with Crippen LogP contribution in [0, 0.1) is 5.41 Å². The van der Waals surface area contributed by atoms with E-state index in [1.54, 1.807) is 6.92 Å². The molecule has 2 fully saturated rings. The molecule has 3 unspecified atom stereocenters. The second kappa shape index (κ2) is 7.80. The molecule has 0 aliphatic carbocycles. The number of carboxylic acid groups (broad SMARTS) is 1. The minimum atomic E-state index is -1.26. The fourth-order valence-electron chi connectivity index (χ4n) is 3.31. The Balaban J connectivity index is 1.45. The highest BCUT2D eigenvalue weighted by Gasteiger charge is 2.61. The Morgan fingerprint density at radius 3 is 2.97 bits per heavy atom. The zero-order chi connectivity index (χ0) is 21.5. The van der Waals surface area contributed by atoms with Crippen molar-refractivity contribution in [3.8, 4) is 0 Å². The van der Waals surface area contributed by atoms with Crippen molar-refractivity contribution in [3.63, 3.8) is 0 Å². The van der Waals surface area contributed by atoms with Crippen LogP contribution < -0.4 is 0 Å². The molecule has 2 saturated heterocycles. The number of hydrogen-bond acceptors (Lipinski definition) is 12. The van der Waals surface area contributed by atoms with E-state index in [4.69, 9.17) is 0 Å². The average Bonchev–Trinajstić information content (AvgIpc) is 3.41. The molecule has 0 spiro atoms. The van der Waals surface area contributed by atoms with E-state index in [-0.39, 0.29) is 18.8 Å². The van der Waals surface area contributed by atoms with Gasteiger partial charge in [-0.05, 0) is 15.6 Å². The van der Waals surface area contributed by atoms with Gasteiger partial charge in [-0.2, -0.15) is 5.21 Å². The van der Waals surface area contributed by atoms with Crippen LogP contribution in [0.1, 0.15) is 6.92 Å². The number of thioether (sulfide) groups is 2. The second-order valence-corrected chi connectivity index (χ2v) is 9.19. The molecule has 4 heterocycles. The molecule has 3 N–H and O–H groups in total. The van der Waals surface area contributed by atoms with Crippen molar-refractivity contribution in [1.82, 2.24) is 50.8 Å². The van der Waals surface area contributed by atoms with Gasteiger partial charge in [0.1, 0.15) is 23.7 Å². The van der Waals surface area contributed by atoms with Crippen LogP contribution in [0.25, 0.3) is 0 Å². The van der Waals surface area contributed by atoms with Gasteiger partial charge in [0, 0.05) is 17.5 Å². The molecule has 2 aromatic rings. The van der Waals surface area contributed by atoms with Gasteiger partial charge in [-0.15, -0.1) is 27.1 Å². The lowest BCUT2D eigenvalue weighted by molar-refractivity contribution is -0.202. The Morgan fingerprint density at radius 2 is 2.33 bits per heavy atom. The molecule has 0 radical (unpaired) electrons. The average molecular weight is 456 g/mol. The zero-order valence-electron chi connectivity index (χ0n) is 15.4. The molecule has 4 rings (SSSR count). The first-order chi connectivity index (χ1) is 14.3. The molecule has 0 aromatic carbocycles. The Labute approximate surface area is 176 Å². The Morgan fingerprint density at radius 1 is 1.53 bits per heavy atom. The number of fused-ring (bicyclic) bond motifs is 1. The molecule has 2 aliphatic rings. The highest BCUT2D eigenvalue weighted by atomic mass is 32.2. The highest BCUT2D eigenvalue weighted by Crippen LogP contribution is 2.48. The standard InChI is InChI=1S/C13H16N10O5S2/c1-6(30-12-15-18-19-16-12)13(11(26)27)3-22-9(25)8(10(22)29-4-13)23(28)7(24)2-21-5-14-17-20-21/h5-6,8,10,28H,2-4H2,1H3,(H,26,27)(H,15,16,18,19)/t6?,8?,10-,13?/m1/s1. The molecule has 4 atom stereocenters. The summed E-state index contributed by atoms with van der Waals surface area (Å²) in [7, 11) is 0. The van der Waals surface area contributed by atoms with Gasteiger partial charge < -0.3 is 10.0 Å². The van der Waals surface area contributed by atoms with Crippen LogP contribution in [0.2, 0.25) is 0 Å². The van der Waals surface area contributed by atoms with E-state index >= 15 is 0 Å². The maximum absolute atomic E-state index is 12.7. The van der Waals surface area contributed by atoms with Gasteiger partial charge in [-0.1, -0.05) is 18.7 Å². The van der Waals surface area contributed by atoms with Crippen LogP contribution in [-0.4, -0.2) is 108 Å². The molecule has 17 heteroatoms. The summed E-state index contributed by atoms with van der Waals surface area (Å²) >= 11 is 2.34. The van der Waals surface area contributed by atoms with Gasteiger partial charge >= 0.3 is 5.97 Å². The van der Waals surface area contributed by atoms with E-state index < -0.39 is 39.9 Å². The van der Waals surface area contributed by atoms with Crippen molar-refractivity contribution in [3.05, 3.63) is 6.33 Å². The minimum Gasteiger partial charge on any atom is -0.481 e. The number of carboxylic acids is 1. The van der Waals surface area contributed by atoms with E-state index in [0.717, 1.165) is 16.4 Å². The van der Waals surface area contributed by atoms with Crippen LogP contribution in [0.5, 0.6) is 0 Å². The topological polar surface area (TPSA) is 196 Å². The quantitative estimate of drug-likeness (QED) is 0.178. The molecule has 160 valence electrons. The van der Waals surface area contributed by atoms with Crippen molar-refractivity contribution in [2.45, 2.75) is 35.3 Å². The second-order valence-electron chi connectivity index (χ2n) is 6.77. The molecule has 0 saturated carbocycles. The normalized spacial score (nSPS) is 26.6. The van der Waals surface area contributed by atoms with Crippen LogP contribution >= 0.6 is 23.5 Å². The Kier molecular flexibility index (Phi) is 5.33. The number of aromatic nitrogens is 8. The van der Waals surface area contributed by atoms with Crippen molar-refractivity contribution >= 4 is 41.3 Å². The summed E-state index contributed by atoms with van der Waals surface area (Å²) in [5.41, 5.74) is -1.26. The summed E-state index contributed by atoms with van der Waals surface area (Å²) in [4.78, 5) is 38.4. The smallest absolute Gasteiger partial charge is 0.313 e. The van der Waals surface area contributed by atoms with Crippen LogP contribution in [0.4, 0.5) is 0 Å². The van der Waals surface area contributed by atoms with Gasteiger partial charge in [-0.3, -0.25) is 19.6 Å². The molecular weight excluding hydrogens is 440 g/mol. The van der Waals surface area contributed by atoms with E-state index in [9.17, 15) is 24.7 Å². The molecule has 30 heavy (non-hydrogen) atoms. The van der Waals surface area contributed by atoms with Crippen LogP contribution in [-0.2, 0) is 20.9 Å². The van der Waals surface area contributed by atoms with Gasteiger partial charge in [0.05, 0.1) is 0 Å². The van der Waals surface area contributed by atoms with Crippen molar-refractivity contribution in [1.29, 1.82) is 0 Å². The SMILES string of the molecule is CC(Sc1nn[nH]n1)C1(C(=O)O)CS[C@@H]2C(N(O)C(=O)Cn3cnnn3)C(=O)N2C1. The molecular formula is C13H16N10O5S2. The maximum Gasteiger partial charge on any atom is 0.313 e. The Hall–Kier alpha value is -2.79. The molecule has 15 nitrogen and oxygen atoms in total.